The minimum absolute atomic E-state index is 0.530. The van der Waals surface area contributed by atoms with Crippen LogP contribution in [-0.2, 0) is 4.74 Å². The number of halogens is 1. The number of rotatable bonds is 3. The minimum atomic E-state index is 0.530. The van der Waals surface area contributed by atoms with Crippen molar-refractivity contribution >= 4 is 15.9 Å². The van der Waals surface area contributed by atoms with Gasteiger partial charge in [-0.3, -0.25) is 0 Å². The van der Waals surface area contributed by atoms with Gasteiger partial charge in [-0.25, -0.2) is 0 Å². The fourth-order valence-electron chi connectivity index (χ4n) is 1.86. The van der Waals surface area contributed by atoms with Crippen molar-refractivity contribution in [3.8, 4) is 11.8 Å². The fourth-order valence-corrected chi connectivity index (χ4v) is 2.34. The third-order valence-electron chi connectivity index (χ3n) is 2.89. The van der Waals surface area contributed by atoms with Crippen molar-refractivity contribution in [3.05, 3.63) is 28.2 Å². The Morgan fingerprint density at radius 1 is 1.41 bits per heavy atom. The van der Waals surface area contributed by atoms with Crippen LogP contribution in [0.15, 0.2) is 22.7 Å². The van der Waals surface area contributed by atoms with Crippen LogP contribution in [0.3, 0.4) is 0 Å². The summed E-state index contributed by atoms with van der Waals surface area (Å²) < 4.78 is 11.9. The van der Waals surface area contributed by atoms with Gasteiger partial charge in [0.25, 0.3) is 0 Å². The molecule has 0 bridgehead atoms. The molecule has 17 heavy (non-hydrogen) atoms. The standard InChI is InChI=1S/C13H14BrNO2/c14-12-3-1-2-11(8-15)13(12)17-9-10-4-6-16-7-5-10/h1-3,10H,4-7,9H2. The first kappa shape index (κ1) is 12.4. The number of hydrogen-bond donors (Lipinski definition) is 0. The highest BCUT2D eigenvalue weighted by atomic mass is 79.9. The maximum absolute atomic E-state index is 9.01. The Hall–Kier alpha value is -1.05. The number of para-hydroxylation sites is 1. The number of nitrogens with zero attached hydrogens (tertiary/aromatic N) is 1. The number of hydrogen-bond acceptors (Lipinski definition) is 3. The lowest BCUT2D eigenvalue weighted by Crippen LogP contribution is -2.21. The average Bonchev–Trinajstić information content (AvgIpc) is 2.38. The lowest BCUT2D eigenvalue weighted by molar-refractivity contribution is 0.0496. The number of benzene rings is 1. The molecule has 0 aromatic heterocycles. The summed E-state index contributed by atoms with van der Waals surface area (Å²) in [5, 5.41) is 9.01. The molecule has 3 nitrogen and oxygen atoms in total. The molecular weight excluding hydrogens is 282 g/mol. The monoisotopic (exact) mass is 295 g/mol. The average molecular weight is 296 g/mol. The highest BCUT2D eigenvalue weighted by Crippen LogP contribution is 2.29. The Labute approximate surface area is 109 Å². The van der Waals surface area contributed by atoms with Gasteiger partial charge in [-0.2, -0.15) is 5.26 Å². The van der Waals surface area contributed by atoms with Crippen LogP contribution in [0, 0.1) is 17.2 Å². The molecule has 1 aliphatic rings. The fraction of sp³-hybridized carbons (Fsp3) is 0.462. The molecule has 0 N–H and O–H groups in total. The molecule has 0 radical (unpaired) electrons. The zero-order chi connectivity index (χ0) is 12.1. The Bertz CT molecular complexity index is 422. The zero-order valence-electron chi connectivity index (χ0n) is 9.49. The molecule has 1 aromatic carbocycles. The predicted octanol–water partition coefficient (Wildman–Crippen LogP) is 3.13. The molecule has 1 aromatic rings. The lowest BCUT2D eigenvalue weighted by atomic mass is 10.0. The molecule has 4 heteroatoms. The Balaban J connectivity index is 2.00. The Morgan fingerprint density at radius 2 is 2.18 bits per heavy atom. The van der Waals surface area contributed by atoms with Crippen molar-refractivity contribution in [2.45, 2.75) is 12.8 Å². The van der Waals surface area contributed by atoms with Crippen molar-refractivity contribution in [3.63, 3.8) is 0 Å². The van der Waals surface area contributed by atoms with Gasteiger partial charge in [0.05, 0.1) is 16.6 Å². The van der Waals surface area contributed by atoms with Gasteiger partial charge in [-0.15, -0.1) is 0 Å². The maximum atomic E-state index is 9.01. The van der Waals surface area contributed by atoms with E-state index in [0.29, 0.717) is 23.8 Å². The molecule has 90 valence electrons. The highest BCUT2D eigenvalue weighted by Gasteiger charge is 2.16. The molecule has 2 rings (SSSR count). The molecule has 1 saturated heterocycles. The van der Waals surface area contributed by atoms with E-state index in [1.54, 1.807) is 6.07 Å². The van der Waals surface area contributed by atoms with Crippen molar-refractivity contribution < 1.29 is 9.47 Å². The third kappa shape index (κ3) is 3.21. The van der Waals surface area contributed by atoms with E-state index in [0.717, 1.165) is 30.5 Å². The molecule has 0 atom stereocenters. The van der Waals surface area contributed by atoms with Crippen LogP contribution in [-0.4, -0.2) is 19.8 Å². The van der Waals surface area contributed by atoms with E-state index < -0.39 is 0 Å². The summed E-state index contributed by atoms with van der Waals surface area (Å²) in [6, 6.07) is 7.64. The SMILES string of the molecule is N#Cc1cccc(Br)c1OCC1CCOCC1. The predicted molar refractivity (Wildman–Crippen MR) is 67.9 cm³/mol. The van der Waals surface area contributed by atoms with Crippen molar-refractivity contribution in [1.82, 2.24) is 0 Å². The van der Waals surface area contributed by atoms with Crippen LogP contribution in [0.2, 0.25) is 0 Å². The first-order valence-corrected chi connectivity index (χ1v) is 6.49. The normalized spacial score (nSPS) is 16.5. The summed E-state index contributed by atoms with van der Waals surface area (Å²) in [6.45, 7) is 2.28. The van der Waals surface area contributed by atoms with Gasteiger partial charge >= 0.3 is 0 Å². The second-order valence-electron chi connectivity index (χ2n) is 4.10. The van der Waals surface area contributed by atoms with Crippen LogP contribution < -0.4 is 4.74 Å². The van der Waals surface area contributed by atoms with E-state index in [4.69, 9.17) is 14.7 Å². The van der Waals surface area contributed by atoms with Gasteiger partial charge in [0.1, 0.15) is 6.07 Å². The summed E-state index contributed by atoms with van der Waals surface area (Å²) in [4.78, 5) is 0. The van der Waals surface area contributed by atoms with Gasteiger partial charge in [0, 0.05) is 13.2 Å². The van der Waals surface area contributed by atoms with Gasteiger partial charge in [-0.05, 0) is 46.8 Å². The zero-order valence-corrected chi connectivity index (χ0v) is 11.1. The van der Waals surface area contributed by atoms with Gasteiger partial charge < -0.3 is 9.47 Å². The summed E-state index contributed by atoms with van der Waals surface area (Å²) in [6.07, 6.45) is 2.07. The summed E-state index contributed by atoms with van der Waals surface area (Å²) >= 11 is 3.41. The Kier molecular flexibility index (Phi) is 4.41. The van der Waals surface area contributed by atoms with Crippen LogP contribution in [0.5, 0.6) is 5.75 Å². The van der Waals surface area contributed by atoms with Gasteiger partial charge in [0.2, 0.25) is 0 Å². The van der Waals surface area contributed by atoms with E-state index in [9.17, 15) is 0 Å². The molecule has 0 amide bonds. The van der Waals surface area contributed by atoms with Crippen LogP contribution in [0.1, 0.15) is 18.4 Å². The van der Waals surface area contributed by atoms with Crippen LogP contribution in [0.25, 0.3) is 0 Å². The molecule has 1 heterocycles. The largest absolute Gasteiger partial charge is 0.491 e. The number of nitriles is 1. The molecular formula is C13H14BrNO2. The summed E-state index contributed by atoms with van der Waals surface area (Å²) in [5.41, 5.74) is 0.575. The van der Waals surface area contributed by atoms with E-state index in [1.807, 2.05) is 12.1 Å². The second kappa shape index (κ2) is 6.04. The lowest BCUT2D eigenvalue weighted by Gasteiger charge is -2.22. The molecule has 1 fully saturated rings. The molecule has 0 unspecified atom stereocenters. The first-order chi connectivity index (χ1) is 8.31. The minimum Gasteiger partial charge on any atom is -0.491 e. The van der Waals surface area contributed by atoms with Crippen LogP contribution >= 0.6 is 15.9 Å². The van der Waals surface area contributed by atoms with E-state index in [2.05, 4.69) is 22.0 Å². The van der Waals surface area contributed by atoms with Crippen molar-refractivity contribution in [1.29, 1.82) is 5.26 Å². The molecule has 1 aliphatic heterocycles. The maximum Gasteiger partial charge on any atom is 0.151 e. The van der Waals surface area contributed by atoms with Crippen molar-refractivity contribution in [2.24, 2.45) is 5.92 Å². The van der Waals surface area contributed by atoms with E-state index in [1.165, 1.54) is 0 Å². The van der Waals surface area contributed by atoms with E-state index in [-0.39, 0.29) is 0 Å². The molecule has 0 aliphatic carbocycles. The van der Waals surface area contributed by atoms with Crippen molar-refractivity contribution in [2.75, 3.05) is 19.8 Å². The quantitative estimate of drug-likeness (QED) is 0.860. The first-order valence-electron chi connectivity index (χ1n) is 5.70. The third-order valence-corrected chi connectivity index (χ3v) is 3.52. The van der Waals surface area contributed by atoms with Gasteiger partial charge in [0.15, 0.2) is 5.75 Å². The molecule has 0 saturated carbocycles. The topological polar surface area (TPSA) is 42.2 Å². The molecule has 0 spiro atoms. The number of ether oxygens (including phenoxy) is 2. The van der Waals surface area contributed by atoms with E-state index >= 15 is 0 Å². The summed E-state index contributed by atoms with van der Waals surface area (Å²) in [5.74, 6) is 1.18. The van der Waals surface area contributed by atoms with Crippen LogP contribution in [0.4, 0.5) is 0 Å². The second-order valence-corrected chi connectivity index (χ2v) is 4.95. The Morgan fingerprint density at radius 3 is 2.88 bits per heavy atom. The highest BCUT2D eigenvalue weighted by molar-refractivity contribution is 9.10. The smallest absolute Gasteiger partial charge is 0.151 e. The summed E-state index contributed by atoms with van der Waals surface area (Å²) in [7, 11) is 0. The van der Waals surface area contributed by atoms with Gasteiger partial charge in [-0.1, -0.05) is 6.07 Å².